The number of benzene rings is 1. The van der Waals surface area contributed by atoms with Crippen molar-refractivity contribution < 1.29 is 19.2 Å². The Hall–Kier alpha value is -2.71. The summed E-state index contributed by atoms with van der Waals surface area (Å²) in [6.45, 7) is -0.622. The molecule has 2 rings (SSSR count). The topological polar surface area (TPSA) is 111 Å². The number of halogens is 2. The molecule has 0 saturated carbocycles. The quantitative estimate of drug-likeness (QED) is 0.375. The van der Waals surface area contributed by atoms with Gasteiger partial charge in [-0.25, -0.2) is 9.78 Å². The maximum Gasteiger partial charge on any atom is 0.340 e. The molecule has 0 unspecified atom stereocenters. The minimum atomic E-state index is -0.962. The first-order valence-corrected chi connectivity index (χ1v) is 7.15. The van der Waals surface area contributed by atoms with Gasteiger partial charge in [0, 0.05) is 18.3 Å². The molecule has 0 radical (unpaired) electrons. The molecule has 1 amide bonds. The van der Waals surface area contributed by atoms with Gasteiger partial charge in [-0.1, -0.05) is 23.2 Å². The molecule has 10 heteroatoms. The molecule has 0 aliphatic carbocycles. The van der Waals surface area contributed by atoms with Gasteiger partial charge >= 0.3 is 5.97 Å². The zero-order valence-electron chi connectivity index (χ0n) is 11.9. The highest BCUT2D eigenvalue weighted by Gasteiger charge is 2.18. The summed E-state index contributed by atoms with van der Waals surface area (Å²) in [5, 5.41) is 13.2. The summed E-state index contributed by atoms with van der Waals surface area (Å²) in [5.41, 5.74) is -0.274. The molecule has 0 aliphatic heterocycles. The lowest BCUT2D eigenvalue weighted by Crippen LogP contribution is -2.21. The van der Waals surface area contributed by atoms with Gasteiger partial charge in [0.1, 0.15) is 0 Å². The second kappa shape index (κ2) is 7.71. The van der Waals surface area contributed by atoms with Crippen LogP contribution in [0.3, 0.4) is 0 Å². The van der Waals surface area contributed by atoms with Gasteiger partial charge in [-0.3, -0.25) is 14.9 Å². The van der Waals surface area contributed by atoms with Crippen molar-refractivity contribution in [1.29, 1.82) is 0 Å². The monoisotopic (exact) mass is 369 g/mol. The van der Waals surface area contributed by atoms with Crippen LogP contribution in [0.1, 0.15) is 10.4 Å². The maximum atomic E-state index is 11.9. The number of rotatable bonds is 5. The minimum Gasteiger partial charge on any atom is -0.452 e. The average Bonchev–Trinajstić information content (AvgIpc) is 2.55. The number of anilines is 1. The number of nitro benzene ring substituents is 1. The molecule has 8 nitrogen and oxygen atoms in total. The fourth-order valence-corrected chi connectivity index (χ4v) is 2.02. The average molecular weight is 370 g/mol. The molecule has 1 aromatic heterocycles. The van der Waals surface area contributed by atoms with E-state index in [2.05, 4.69) is 10.3 Å². The maximum absolute atomic E-state index is 11.9. The number of non-ortho nitro benzene ring substituents is 1. The third-order valence-electron chi connectivity index (χ3n) is 2.75. The highest BCUT2D eigenvalue weighted by molar-refractivity contribution is 6.33. The number of esters is 1. The van der Waals surface area contributed by atoms with Crippen molar-refractivity contribution in [2.45, 2.75) is 0 Å². The van der Waals surface area contributed by atoms with Crippen molar-refractivity contribution in [3.8, 4) is 0 Å². The van der Waals surface area contributed by atoms with Gasteiger partial charge in [0.25, 0.3) is 11.6 Å². The standard InChI is InChI=1S/C14H9Cl2N3O5/c15-10-4-3-8(19(22)23)6-9(10)14(21)24-7-12(20)18-11-2-1-5-17-13(11)16/h1-6H,7H2,(H,18,20). The number of amides is 1. The van der Waals surface area contributed by atoms with Crippen LogP contribution in [0.4, 0.5) is 11.4 Å². The van der Waals surface area contributed by atoms with Crippen molar-refractivity contribution in [1.82, 2.24) is 4.98 Å². The van der Waals surface area contributed by atoms with Crippen molar-refractivity contribution in [3.63, 3.8) is 0 Å². The zero-order valence-corrected chi connectivity index (χ0v) is 13.4. The van der Waals surface area contributed by atoms with Gasteiger partial charge in [0.05, 0.1) is 21.2 Å². The van der Waals surface area contributed by atoms with Crippen molar-refractivity contribution in [3.05, 3.63) is 62.4 Å². The van der Waals surface area contributed by atoms with E-state index in [9.17, 15) is 19.7 Å². The van der Waals surface area contributed by atoms with Crippen LogP contribution in [-0.4, -0.2) is 28.4 Å². The lowest BCUT2D eigenvalue weighted by molar-refractivity contribution is -0.384. The molecule has 2 aromatic rings. The summed E-state index contributed by atoms with van der Waals surface area (Å²) in [7, 11) is 0. The number of nitro groups is 1. The summed E-state index contributed by atoms with van der Waals surface area (Å²) >= 11 is 11.6. The van der Waals surface area contributed by atoms with E-state index in [1.54, 1.807) is 6.07 Å². The second-order valence-electron chi connectivity index (χ2n) is 4.39. The van der Waals surface area contributed by atoms with Gasteiger partial charge in [-0.2, -0.15) is 0 Å². The highest BCUT2D eigenvalue weighted by atomic mass is 35.5. The Balaban J connectivity index is 2.00. The van der Waals surface area contributed by atoms with E-state index in [0.29, 0.717) is 0 Å². The highest BCUT2D eigenvalue weighted by Crippen LogP contribution is 2.23. The molecule has 1 N–H and O–H groups in total. The summed E-state index contributed by atoms with van der Waals surface area (Å²) in [5.74, 6) is -1.61. The Bertz CT molecular complexity index is 813. The van der Waals surface area contributed by atoms with Crippen LogP contribution in [0.5, 0.6) is 0 Å². The van der Waals surface area contributed by atoms with Crippen LogP contribution in [-0.2, 0) is 9.53 Å². The van der Waals surface area contributed by atoms with Crippen LogP contribution in [0.15, 0.2) is 36.5 Å². The van der Waals surface area contributed by atoms with Crippen LogP contribution < -0.4 is 5.32 Å². The van der Waals surface area contributed by atoms with Crippen LogP contribution >= 0.6 is 23.2 Å². The summed E-state index contributed by atoms with van der Waals surface area (Å²) in [4.78, 5) is 37.5. The van der Waals surface area contributed by atoms with E-state index in [1.807, 2.05) is 0 Å². The predicted molar refractivity (Wildman–Crippen MR) is 86.3 cm³/mol. The number of hydrogen-bond donors (Lipinski definition) is 1. The van der Waals surface area contributed by atoms with Crippen molar-refractivity contribution >= 4 is 46.5 Å². The van der Waals surface area contributed by atoms with Gasteiger partial charge in [0.2, 0.25) is 0 Å². The molecule has 0 spiro atoms. The van der Waals surface area contributed by atoms with E-state index < -0.39 is 23.4 Å². The van der Waals surface area contributed by atoms with E-state index in [-0.39, 0.29) is 27.1 Å². The third kappa shape index (κ3) is 4.40. The number of pyridine rings is 1. The molecule has 1 heterocycles. The van der Waals surface area contributed by atoms with Gasteiger partial charge < -0.3 is 10.1 Å². The number of ether oxygens (including phenoxy) is 1. The smallest absolute Gasteiger partial charge is 0.340 e. The number of carbonyl (C=O) groups is 2. The molecule has 124 valence electrons. The first kappa shape index (κ1) is 17.6. The fraction of sp³-hybridized carbons (Fsp3) is 0.0714. The normalized spacial score (nSPS) is 10.1. The van der Waals surface area contributed by atoms with Crippen molar-refractivity contribution in [2.75, 3.05) is 11.9 Å². The summed E-state index contributed by atoms with van der Waals surface area (Å²) in [6, 6.07) is 6.41. The molecule has 0 aliphatic rings. The largest absolute Gasteiger partial charge is 0.452 e. The number of carbonyl (C=O) groups excluding carboxylic acids is 2. The molecule has 0 bridgehead atoms. The molecular weight excluding hydrogens is 361 g/mol. The van der Waals surface area contributed by atoms with Crippen molar-refractivity contribution in [2.24, 2.45) is 0 Å². The first-order valence-electron chi connectivity index (χ1n) is 6.40. The lowest BCUT2D eigenvalue weighted by atomic mass is 10.2. The SMILES string of the molecule is O=C(COC(=O)c1cc([N+](=O)[O-])ccc1Cl)Nc1cccnc1Cl. The van der Waals surface area contributed by atoms with Crippen LogP contribution in [0, 0.1) is 10.1 Å². The van der Waals surface area contributed by atoms with Gasteiger partial charge in [0.15, 0.2) is 11.8 Å². The molecule has 0 fully saturated rings. The molecule has 1 aromatic carbocycles. The Kier molecular flexibility index (Phi) is 5.67. The summed E-state index contributed by atoms with van der Waals surface area (Å²) < 4.78 is 4.80. The van der Waals surface area contributed by atoms with Crippen LogP contribution in [0.2, 0.25) is 10.2 Å². The molecule has 0 saturated heterocycles. The van der Waals surface area contributed by atoms with E-state index in [0.717, 1.165) is 12.1 Å². The Morgan fingerprint density at radius 3 is 2.71 bits per heavy atom. The Morgan fingerprint density at radius 2 is 2.04 bits per heavy atom. The molecule has 24 heavy (non-hydrogen) atoms. The van der Waals surface area contributed by atoms with E-state index in [4.69, 9.17) is 27.9 Å². The van der Waals surface area contributed by atoms with Gasteiger partial charge in [-0.05, 0) is 18.2 Å². The third-order valence-corrected chi connectivity index (χ3v) is 3.38. The number of aromatic nitrogens is 1. The molecular formula is C14H9Cl2N3O5. The minimum absolute atomic E-state index is 0.0266. The Morgan fingerprint density at radius 1 is 1.29 bits per heavy atom. The fourth-order valence-electron chi connectivity index (χ4n) is 1.66. The predicted octanol–water partition coefficient (Wildman–Crippen LogP) is 3.09. The van der Waals surface area contributed by atoms with Crippen LogP contribution in [0.25, 0.3) is 0 Å². The molecule has 0 atom stereocenters. The number of nitrogens with zero attached hydrogens (tertiary/aromatic N) is 2. The lowest BCUT2D eigenvalue weighted by Gasteiger charge is -2.08. The van der Waals surface area contributed by atoms with E-state index in [1.165, 1.54) is 18.3 Å². The zero-order chi connectivity index (χ0) is 17.7. The second-order valence-corrected chi connectivity index (χ2v) is 5.15. The first-order chi connectivity index (χ1) is 11.4. The number of hydrogen-bond acceptors (Lipinski definition) is 6. The number of nitrogens with one attached hydrogen (secondary N) is 1. The summed E-state index contributed by atoms with van der Waals surface area (Å²) in [6.07, 6.45) is 1.45. The van der Waals surface area contributed by atoms with E-state index >= 15 is 0 Å². The Labute approximate surface area is 145 Å². The van der Waals surface area contributed by atoms with Gasteiger partial charge in [-0.15, -0.1) is 0 Å².